The molecule has 0 aromatic heterocycles. The summed E-state index contributed by atoms with van der Waals surface area (Å²) >= 11 is 3.31. The average molecular weight is 274 g/mol. The molecule has 5 heteroatoms. The van der Waals surface area contributed by atoms with E-state index in [1.54, 1.807) is 25.3 Å². The van der Waals surface area contributed by atoms with Gasteiger partial charge in [0.15, 0.2) is 0 Å². The topological polar surface area (TPSA) is 61.5 Å². The molecule has 0 heterocycles. The monoisotopic (exact) mass is 273 g/mol. The first-order chi connectivity index (χ1) is 7.10. The van der Waals surface area contributed by atoms with Crippen molar-refractivity contribution in [3.63, 3.8) is 0 Å². The number of nitrogens with two attached hydrogens (primary N) is 1. The third kappa shape index (κ3) is 2.70. The minimum absolute atomic E-state index is 0.482. The normalized spacial score (nSPS) is 12.0. The van der Waals surface area contributed by atoms with Crippen molar-refractivity contribution < 1.29 is 14.3 Å². The van der Waals surface area contributed by atoms with Gasteiger partial charge in [0.05, 0.1) is 14.2 Å². The number of hydrogen-bond acceptors (Lipinski definition) is 4. The molecule has 1 aromatic rings. The quantitative estimate of drug-likeness (QED) is 0.851. The summed E-state index contributed by atoms with van der Waals surface area (Å²) in [7, 11) is 2.85. The standard InChI is InChI=1S/C10H12BrNO3/c1-14-6-3-4-8(11)7(5-6)9(12)10(13)15-2/h3-5,9H,12H2,1-2H3. The molecule has 4 nitrogen and oxygen atoms in total. The Morgan fingerprint density at radius 1 is 1.47 bits per heavy atom. The van der Waals surface area contributed by atoms with Crippen LogP contribution in [0.5, 0.6) is 5.75 Å². The highest BCUT2D eigenvalue weighted by Crippen LogP contribution is 2.27. The Morgan fingerprint density at radius 3 is 2.67 bits per heavy atom. The number of ether oxygens (including phenoxy) is 2. The van der Waals surface area contributed by atoms with Crippen molar-refractivity contribution in [3.8, 4) is 5.75 Å². The van der Waals surface area contributed by atoms with Gasteiger partial charge in [0, 0.05) is 4.47 Å². The number of rotatable bonds is 3. The molecule has 82 valence electrons. The minimum Gasteiger partial charge on any atom is -0.497 e. The fourth-order valence-electron chi connectivity index (χ4n) is 1.14. The number of methoxy groups -OCH3 is 2. The second-order valence-corrected chi connectivity index (χ2v) is 3.74. The molecule has 15 heavy (non-hydrogen) atoms. The van der Waals surface area contributed by atoms with Gasteiger partial charge in [0.2, 0.25) is 0 Å². The van der Waals surface area contributed by atoms with Crippen molar-refractivity contribution in [3.05, 3.63) is 28.2 Å². The summed E-state index contributed by atoms with van der Waals surface area (Å²) in [4.78, 5) is 11.3. The SMILES string of the molecule is COC(=O)C(N)c1cc(OC)ccc1Br. The molecule has 0 radical (unpaired) electrons. The van der Waals surface area contributed by atoms with Crippen LogP contribution in [0.2, 0.25) is 0 Å². The molecule has 1 unspecified atom stereocenters. The zero-order valence-corrected chi connectivity index (χ0v) is 10.1. The van der Waals surface area contributed by atoms with Crippen LogP contribution in [0.25, 0.3) is 0 Å². The maximum atomic E-state index is 11.3. The lowest BCUT2D eigenvalue weighted by molar-refractivity contribution is -0.142. The van der Waals surface area contributed by atoms with Crippen molar-refractivity contribution >= 4 is 21.9 Å². The molecule has 0 spiro atoms. The van der Waals surface area contributed by atoms with E-state index in [1.165, 1.54) is 7.11 Å². The number of hydrogen-bond donors (Lipinski definition) is 1. The summed E-state index contributed by atoms with van der Waals surface area (Å²) in [6, 6.07) is 4.44. The van der Waals surface area contributed by atoms with E-state index in [-0.39, 0.29) is 0 Å². The van der Waals surface area contributed by atoms with Crippen LogP contribution in [0.3, 0.4) is 0 Å². The van der Waals surface area contributed by atoms with Gasteiger partial charge >= 0.3 is 5.97 Å². The van der Waals surface area contributed by atoms with Gasteiger partial charge in [-0.3, -0.25) is 4.79 Å². The zero-order valence-electron chi connectivity index (χ0n) is 8.49. The maximum absolute atomic E-state index is 11.3. The van der Waals surface area contributed by atoms with E-state index in [9.17, 15) is 4.79 Å². The Balaban J connectivity index is 3.06. The first kappa shape index (κ1) is 12.0. The van der Waals surface area contributed by atoms with Gasteiger partial charge in [-0.15, -0.1) is 0 Å². The van der Waals surface area contributed by atoms with Crippen LogP contribution in [0.15, 0.2) is 22.7 Å². The second-order valence-electron chi connectivity index (χ2n) is 2.89. The lowest BCUT2D eigenvalue weighted by Crippen LogP contribution is -2.23. The van der Waals surface area contributed by atoms with Crippen molar-refractivity contribution in [1.29, 1.82) is 0 Å². The third-order valence-corrected chi connectivity index (χ3v) is 2.72. The van der Waals surface area contributed by atoms with Crippen LogP contribution in [0.4, 0.5) is 0 Å². The number of halogens is 1. The predicted molar refractivity (Wildman–Crippen MR) is 59.6 cm³/mol. The first-order valence-corrected chi connectivity index (χ1v) is 5.06. The summed E-state index contributed by atoms with van der Waals surface area (Å²) < 4.78 is 10.4. The highest BCUT2D eigenvalue weighted by Gasteiger charge is 2.19. The summed E-state index contributed by atoms with van der Waals surface area (Å²) in [6.07, 6.45) is 0. The summed E-state index contributed by atoms with van der Waals surface area (Å²) in [5.74, 6) is 0.163. The molecular weight excluding hydrogens is 262 g/mol. The second kappa shape index (κ2) is 5.14. The molecular formula is C10H12BrNO3. The molecule has 0 aliphatic heterocycles. The van der Waals surface area contributed by atoms with E-state index in [0.717, 1.165) is 4.47 Å². The highest BCUT2D eigenvalue weighted by atomic mass is 79.9. The van der Waals surface area contributed by atoms with Crippen LogP contribution in [0, 0.1) is 0 Å². The predicted octanol–water partition coefficient (Wildman–Crippen LogP) is 1.63. The fourth-order valence-corrected chi connectivity index (χ4v) is 1.63. The van der Waals surface area contributed by atoms with Gasteiger partial charge in [0.25, 0.3) is 0 Å². The Labute approximate surface area is 96.5 Å². The average Bonchev–Trinajstić information content (AvgIpc) is 2.27. The molecule has 0 bridgehead atoms. The Hall–Kier alpha value is -1.07. The van der Waals surface area contributed by atoms with Crippen molar-refractivity contribution in [2.75, 3.05) is 14.2 Å². The molecule has 1 rings (SSSR count). The van der Waals surface area contributed by atoms with Gasteiger partial charge in [0.1, 0.15) is 11.8 Å². The summed E-state index contributed by atoms with van der Waals surface area (Å²) in [5.41, 5.74) is 6.35. The molecule has 0 aliphatic carbocycles. The molecule has 0 amide bonds. The molecule has 2 N–H and O–H groups in total. The van der Waals surface area contributed by atoms with Crippen molar-refractivity contribution in [2.24, 2.45) is 5.73 Å². The smallest absolute Gasteiger partial charge is 0.327 e. The lowest BCUT2D eigenvalue weighted by Gasteiger charge is -2.12. The van der Waals surface area contributed by atoms with Gasteiger partial charge in [-0.1, -0.05) is 15.9 Å². The molecule has 1 atom stereocenters. The fraction of sp³-hybridized carbons (Fsp3) is 0.300. The van der Waals surface area contributed by atoms with E-state index in [0.29, 0.717) is 11.3 Å². The van der Waals surface area contributed by atoms with Gasteiger partial charge in [-0.2, -0.15) is 0 Å². The van der Waals surface area contributed by atoms with Crippen molar-refractivity contribution in [1.82, 2.24) is 0 Å². The van der Waals surface area contributed by atoms with Gasteiger partial charge in [-0.05, 0) is 23.8 Å². The van der Waals surface area contributed by atoms with Crippen LogP contribution in [-0.4, -0.2) is 20.2 Å². The number of benzene rings is 1. The molecule has 0 saturated heterocycles. The van der Waals surface area contributed by atoms with Crippen LogP contribution >= 0.6 is 15.9 Å². The number of esters is 1. The van der Waals surface area contributed by atoms with E-state index >= 15 is 0 Å². The zero-order chi connectivity index (χ0) is 11.4. The first-order valence-electron chi connectivity index (χ1n) is 4.27. The van der Waals surface area contributed by atoms with E-state index in [1.807, 2.05) is 0 Å². The van der Waals surface area contributed by atoms with E-state index < -0.39 is 12.0 Å². The summed E-state index contributed by atoms with van der Waals surface area (Å²) in [6.45, 7) is 0. The van der Waals surface area contributed by atoms with Crippen LogP contribution < -0.4 is 10.5 Å². The minimum atomic E-state index is -0.806. The van der Waals surface area contributed by atoms with Crippen molar-refractivity contribution in [2.45, 2.75) is 6.04 Å². The lowest BCUT2D eigenvalue weighted by atomic mass is 10.1. The van der Waals surface area contributed by atoms with Crippen LogP contribution in [-0.2, 0) is 9.53 Å². The molecule has 1 aromatic carbocycles. The highest BCUT2D eigenvalue weighted by molar-refractivity contribution is 9.10. The summed E-state index contributed by atoms with van der Waals surface area (Å²) in [5, 5.41) is 0. The van der Waals surface area contributed by atoms with Gasteiger partial charge in [-0.25, -0.2) is 0 Å². The Bertz CT molecular complexity index is 368. The van der Waals surface area contributed by atoms with Gasteiger partial charge < -0.3 is 15.2 Å². The van der Waals surface area contributed by atoms with E-state index in [2.05, 4.69) is 20.7 Å². The van der Waals surface area contributed by atoms with Crippen LogP contribution in [0.1, 0.15) is 11.6 Å². The largest absolute Gasteiger partial charge is 0.497 e. The number of carbonyl (C=O) groups is 1. The third-order valence-electron chi connectivity index (χ3n) is 1.99. The Morgan fingerprint density at radius 2 is 2.13 bits per heavy atom. The molecule has 0 saturated carbocycles. The molecule has 0 aliphatic rings. The number of carbonyl (C=O) groups excluding carboxylic acids is 1. The Kier molecular flexibility index (Phi) is 4.11. The maximum Gasteiger partial charge on any atom is 0.327 e. The van der Waals surface area contributed by atoms with E-state index in [4.69, 9.17) is 10.5 Å². The molecule has 0 fully saturated rings.